The van der Waals surface area contributed by atoms with Crippen molar-refractivity contribution in [2.24, 2.45) is 0 Å². The monoisotopic (exact) mass is 599 g/mol. The third-order valence-electron chi connectivity index (χ3n) is 6.00. The highest BCUT2D eigenvalue weighted by molar-refractivity contribution is 8.01. The highest BCUT2D eigenvalue weighted by Gasteiger charge is 2.67. The number of aliphatic carboxylic acids is 1. The van der Waals surface area contributed by atoms with Crippen LogP contribution in [-0.4, -0.2) is 104 Å². The van der Waals surface area contributed by atoms with Crippen molar-refractivity contribution in [1.82, 2.24) is 35.6 Å². The molecular formula is C21H25N7O8S3. The van der Waals surface area contributed by atoms with Gasteiger partial charge in [-0.15, -0.1) is 16.9 Å². The molecule has 210 valence electrons. The number of rotatable bonds is 12. The van der Waals surface area contributed by atoms with Crippen molar-refractivity contribution in [3.8, 4) is 0 Å². The van der Waals surface area contributed by atoms with Gasteiger partial charge < -0.3 is 20.3 Å². The maximum Gasteiger partial charge on any atom is 0.352 e. The number of thioether (sulfide) groups is 2. The first kappa shape index (κ1) is 29.0. The summed E-state index contributed by atoms with van der Waals surface area (Å²) in [5, 5.41) is 35.2. The van der Waals surface area contributed by atoms with Crippen LogP contribution in [0.25, 0.3) is 0 Å². The first-order chi connectivity index (χ1) is 18.5. The lowest BCUT2D eigenvalue weighted by molar-refractivity contribution is -0.194. The van der Waals surface area contributed by atoms with E-state index >= 15 is 0 Å². The summed E-state index contributed by atoms with van der Waals surface area (Å²) in [6, 6.07) is 8.10. The van der Waals surface area contributed by atoms with Gasteiger partial charge in [0.15, 0.2) is 6.10 Å². The van der Waals surface area contributed by atoms with Crippen LogP contribution in [0.15, 0.2) is 46.8 Å². The second-order valence-corrected chi connectivity index (χ2v) is 12.6. The van der Waals surface area contributed by atoms with Crippen LogP contribution in [0.4, 0.5) is 0 Å². The fourth-order valence-corrected chi connectivity index (χ4v) is 7.33. The van der Waals surface area contributed by atoms with Crippen LogP contribution >= 0.6 is 23.5 Å². The molecule has 5 N–H and O–H groups in total. The van der Waals surface area contributed by atoms with Gasteiger partial charge in [0, 0.05) is 24.7 Å². The number of methoxy groups -OCH3 is 1. The van der Waals surface area contributed by atoms with E-state index in [1.807, 2.05) is 0 Å². The Hall–Kier alpha value is -3.03. The minimum atomic E-state index is -3.50. The lowest BCUT2D eigenvalue weighted by Crippen LogP contribution is -2.81. The van der Waals surface area contributed by atoms with E-state index in [0.29, 0.717) is 11.1 Å². The molecule has 15 nitrogen and oxygen atoms in total. The van der Waals surface area contributed by atoms with Gasteiger partial charge in [0.05, 0.1) is 6.26 Å². The number of sulfonamides is 1. The third-order valence-corrected chi connectivity index (χ3v) is 9.26. The number of carbonyl (C=O) groups is 3. The Morgan fingerprint density at radius 3 is 2.67 bits per heavy atom. The van der Waals surface area contributed by atoms with Crippen molar-refractivity contribution in [1.29, 1.82) is 0 Å². The number of benzene rings is 1. The summed E-state index contributed by atoms with van der Waals surface area (Å²) in [5.74, 6) is -3.00. The Morgan fingerprint density at radius 2 is 2.08 bits per heavy atom. The first-order valence-electron chi connectivity index (χ1n) is 11.3. The number of aliphatic hydroxyl groups excluding tert-OH is 1. The predicted molar refractivity (Wildman–Crippen MR) is 138 cm³/mol. The van der Waals surface area contributed by atoms with Gasteiger partial charge in [-0.2, -0.15) is 0 Å². The Morgan fingerprint density at radius 1 is 1.36 bits per heavy atom. The lowest BCUT2D eigenvalue weighted by Gasteiger charge is -2.56. The summed E-state index contributed by atoms with van der Waals surface area (Å²) in [7, 11) is -2.30. The molecule has 4 atom stereocenters. The quantitative estimate of drug-likeness (QED) is 0.113. The van der Waals surface area contributed by atoms with Gasteiger partial charge in [-0.25, -0.2) is 23.0 Å². The summed E-state index contributed by atoms with van der Waals surface area (Å²) in [6.45, 7) is -0.00799. The van der Waals surface area contributed by atoms with Crippen molar-refractivity contribution < 1.29 is 37.8 Å². The molecule has 2 amide bonds. The minimum absolute atomic E-state index is 0.00799. The van der Waals surface area contributed by atoms with Crippen molar-refractivity contribution >= 4 is 51.3 Å². The SMILES string of the molecule is CO[C@]1(NC(=O)C(O)c2ccccc2)C(=O)N2C(C(=O)O)=C(C(CCNS(C)(=O)=O)Sc3nnn[nH]3)CS[C@H]21. The molecule has 2 unspecified atom stereocenters. The second kappa shape index (κ2) is 11.6. The molecule has 1 saturated heterocycles. The van der Waals surface area contributed by atoms with Gasteiger partial charge in [0.25, 0.3) is 17.5 Å². The lowest BCUT2D eigenvalue weighted by atomic mass is 9.96. The van der Waals surface area contributed by atoms with E-state index in [4.69, 9.17) is 4.74 Å². The maximum absolute atomic E-state index is 13.4. The molecule has 4 rings (SSSR count). The Kier molecular flexibility index (Phi) is 8.62. The van der Waals surface area contributed by atoms with Gasteiger partial charge in [-0.1, -0.05) is 42.1 Å². The van der Waals surface area contributed by atoms with E-state index in [9.17, 15) is 33.0 Å². The molecule has 1 aromatic carbocycles. The van der Waals surface area contributed by atoms with Crippen LogP contribution in [-0.2, 0) is 29.1 Å². The van der Waals surface area contributed by atoms with Crippen LogP contribution in [0.3, 0.4) is 0 Å². The Balaban J connectivity index is 1.62. The number of carbonyl (C=O) groups excluding carboxylic acids is 2. The first-order valence-corrected chi connectivity index (χ1v) is 15.2. The average molecular weight is 600 g/mol. The normalized spacial score (nSPS) is 22.6. The van der Waals surface area contributed by atoms with E-state index in [0.717, 1.165) is 34.7 Å². The molecule has 0 saturated carbocycles. The second-order valence-electron chi connectivity index (χ2n) is 8.53. The van der Waals surface area contributed by atoms with E-state index in [1.165, 1.54) is 7.11 Å². The fraction of sp³-hybridized carbons (Fsp3) is 0.429. The fourth-order valence-electron chi connectivity index (χ4n) is 4.20. The molecular weight excluding hydrogens is 574 g/mol. The highest BCUT2D eigenvalue weighted by Crippen LogP contribution is 2.49. The number of fused-ring (bicyclic) bond motifs is 1. The standard InChI is InChI=1S/C21H25N7O8S3/c1-36-21(23-16(30)15(29)11-6-4-3-5-7-11)18(33)28-14(17(31)32)12(10-37-19(21)28)13(8-9-22-39(2,34)35)38-20-24-26-27-25-20/h3-7,13,15,19,22,29H,8-10H2,1-2H3,(H,23,30)(H,31,32)(H,24,25,26,27)/t13?,15?,19-,21+/m0/s1. The van der Waals surface area contributed by atoms with E-state index in [2.05, 4.69) is 30.7 Å². The zero-order chi connectivity index (χ0) is 28.4. The van der Waals surface area contributed by atoms with Crippen LogP contribution in [0.1, 0.15) is 18.1 Å². The molecule has 0 spiro atoms. The topological polar surface area (TPSA) is 217 Å². The van der Waals surface area contributed by atoms with Crippen LogP contribution < -0.4 is 10.0 Å². The number of amides is 2. The number of hydrogen-bond donors (Lipinski definition) is 5. The van der Waals surface area contributed by atoms with Gasteiger partial charge >= 0.3 is 5.97 Å². The Labute approximate surface area is 231 Å². The molecule has 18 heteroatoms. The molecule has 2 aliphatic heterocycles. The number of aromatic amines is 1. The van der Waals surface area contributed by atoms with Crippen LogP contribution in [0.2, 0.25) is 0 Å². The molecule has 1 fully saturated rings. The van der Waals surface area contributed by atoms with E-state index in [-0.39, 0.29) is 29.6 Å². The number of β-lactam (4-membered cyclic amide) rings is 1. The van der Waals surface area contributed by atoms with E-state index < -0.39 is 50.3 Å². The average Bonchev–Trinajstić information content (AvgIpc) is 3.42. The molecule has 1 aromatic heterocycles. The highest BCUT2D eigenvalue weighted by atomic mass is 32.2. The van der Waals surface area contributed by atoms with Crippen molar-refractivity contribution in [2.75, 3.05) is 25.7 Å². The summed E-state index contributed by atoms with van der Waals surface area (Å²) in [5.41, 5.74) is -1.56. The number of H-pyrrole nitrogens is 1. The third kappa shape index (κ3) is 5.94. The number of nitrogens with zero attached hydrogens (tertiary/aromatic N) is 4. The number of ether oxygens (including phenoxy) is 1. The molecule has 2 aromatic rings. The number of carboxylic acid groups (broad SMARTS) is 1. The molecule has 39 heavy (non-hydrogen) atoms. The molecule has 0 bridgehead atoms. The molecule has 0 radical (unpaired) electrons. The van der Waals surface area contributed by atoms with Crippen LogP contribution in [0, 0.1) is 0 Å². The summed E-state index contributed by atoms with van der Waals surface area (Å²) < 4.78 is 31.0. The number of tetrazole rings is 1. The molecule has 0 aliphatic carbocycles. The predicted octanol–water partition coefficient (Wildman–Crippen LogP) is -0.954. The summed E-state index contributed by atoms with van der Waals surface area (Å²) in [4.78, 5) is 39.8. The van der Waals surface area contributed by atoms with E-state index in [1.54, 1.807) is 30.3 Å². The van der Waals surface area contributed by atoms with Gasteiger partial charge in [0.1, 0.15) is 11.1 Å². The summed E-state index contributed by atoms with van der Waals surface area (Å²) in [6.07, 6.45) is -0.421. The largest absolute Gasteiger partial charge is 0.477 e. The smallest absolute Gasteiger partial charge is 0.352 e. The molecule has 2 aliphatic rings. The molecule has 3 heterocycles. The zero-order valence-corrected chi connectivity index (χ0v) is 23.0. The van der Waals surface area contributed by atoms with Crippen molar-refractivity contribution in [2.45, 2.75) is 34.0 Å². The number of aliphatic hydroxyl groups is 1. The minimum Gasteiger partial charge on any atom is -0.477 e. The number of carboxylic acids is 1. The Bertz CT molecular complexity index is 1370. The maximum atomic E-state index is 13.4. The van der Waals surface area contributed by atoms with Crippen LogP contribution in [0.5, 0.6) is 0 Å². The summed E-state index contributed by atoms with van der Waals surface area (Å²) >= 11 is 2.24. The zero-order valence-electron chi connectivity index (χ0n) is 20.6. The number of nitrogens with one attached hydrogen (secondary N) is 3. The van der Waals surface area contributed by atoms with Gasteiger partial charge in [0.2, 0.25) is 15.2 Å². The van der Waals surface area contributed by atoms with Gasteiger partial charge in [-0.05, 0) is 28.0 Å². The number of aromatic nitrogens is 4. The van der Waals surface area contributed by atoms with Gasteiger partial charge in [-0.3, -0.25) is 14.5 Å². The number of hydrogen-bond acceptors (Lipinski definition) is 12. The van der Waals surface area contributed by atoms with Crippen molar-refractivity contribution in [3.05, 3.63) is 47.2 Å². The van der Waals surface area contributed by atoms with Crippen molar-refractivity contribution in [3.63, 3.8) is 0 Å².